The number of benzene rings is 1. The third-order valence-electron chi connectivity index (χ3n) is 2.49. The van der Waals surface area contributed by atoms with Crippen molar-refractivity contribution in [2.24, 2.45) is 5.90 Å². The maximum atomic E-state index is 5.22. The van der Waals surface area contributed by atoms with E-state index < -0.39 is 0 Å². The third kappa shape index (κ3) is 3.02. The first-order chi connectivity index (χ1) is 7.11. The minimum atomic E-state index is -0.0239. The SMILES string of the molecule is COCC(C)(C)c1ccccc1CON. The third-order valence-corrected chi connectivity index (χ3v) is 2.49. The van der Waals surface area contributed by atoms with E-state index in [1.165, 1.54) is 5.56 Å². The first-order valence-electron chi connectivity index (χ1n) is 5.01. The Bertz CT molecular complexity index is 310. The summed E-state index contributed by atoms with van der Waals surface area (Å²) >= 11 is 0. The molecule has 0 spiro atoms. The lowest BCUT2D eigenvalue weighted by Gasteiger charge is -2.26. The molecule has 0 aromatic heterocycles. The highest BCUT2D eigenvalue weighted by atomic mass is 16.6. The molecule has 0 atom stereocenters. The smallest absolute Gasteiger partial charge is 0.0932 e. The van der Waals surface area contributed by atoms with E-state index in [1.54, 1.807) is 7.11 Å². The Hall–Kier alpha value is -0.900. The second-order valence-corrected chi connectivity index (χ2v) is 4.29. The molecule has 2 N–H and O–H groups in total. The lowest BCUT2D eigenvalue weighted by Crippen LogP contribution is -2.25. The molecule has 0 aliphatic carbocycles. The van der Waals surface area contributed by atoms with Crippen LogP contribution in [-0.4, -0.2) is 13.7 Å². The first-order valence-corrected chi connectivity index (χ1v) is 5.01. The maximum Gasteiger partial charge on any atom is 0.0932 e. The highest BCUT2D eigenvalue weighted by Gasteiger charge is 2.22. The van der Waals surface area contributed by atoms with Gasteiger partial charge in [-0.3, -0.25) is 4.84 Å². The van der Waals surface area contributed by atoms with Crippen molar-refractivity contribution in [3.63, 3.8) is 0 Å². The van der Waals surface area contributed by atoms with Gasteiger partial charge in [-0.2, -0.15) is 0 Å². The lowest BCUT2D eigenvalue weighted by molar-refractivity contribution is 0.118. The normalized spacial score (nSPS) is 11.7. The molecule has 3 nitrogen and oxygen atoms in total. The number of hydrogen-bond donors (Lipinski definition) is 1. The van der Waals surface area contributed by atoms with Crippen LogP contribution in [0.4, 0.5) is 0 Å². The highest BCUT2D eigenvalue weighted by Crippen LogP contribution is 2.26. The van der Waals surface area contributed by atoms with Crippen molar-refractivity contribution in [1.29, 1.82) is 0 Å². The summed E-state index contributed by atoms with van der Waals surface area (Å²) in [5.41, 5.74) is 2.31. The second kappa shape index (κ2) is 5.26. The Labute approximate surface area is 91.1 Å². The van der Waals surface area contributed by atoms with Crippen LogP contribution < -0.4 is 5.90 Å². The van der Waals surface area contributed by atoms with Crippen LogP contribution in [0.15, 0.2) is 24.3 Å². The Morgan fingerprint density at radius 3 is 2.53 bits per heavy atom. The van der Waals surface area contributed by atoms with Crippen LogP contribution in [0, 0.1) is 0 Å². The lowest BCUT2D eigenvalue weighted by atomic mass is 9.82. The van der Waals surface area contributed by atoms with Gasteiger partial charge in [0, 0.05) is 12.5 Å². The van der Waals surface area contributed by atoms with Crippen LogP contribution in [0.25, 0.3) is 0 Å². The molecule has 0 heterocycles. The average Bonchev–Trinajstić information content (AvgIpc) is 2.19. The average molecular weight is 209 g/mol. The van der Waals surface area contributed by atoms with Gasteiger partial charge in [-0.1, -0.05) is 38.1 Å². The maximum absolute atomic E-state index is 5.22. The van der Waals surface area contributed by atoms with Gasteiger partial charge < -0.3 is 4.74 Å². The standard InChI is InChI=1S/C12H19NO2/c1-12(2,9-14-3)11-7-5-4-6-10(11)8-15-13/h4-7H,8-9,13H2,1-3H3. The molecule has 0 aliphatic rings. The van der Waals surface area contributed by atoms with E-state index in [-0.39, 0.29) is 5.41 Å². The quantitative estimate of drug-likeness (QED) is 0.754. The molecule has 15 heavy (non-hydrogen) atoms. The molecular weight excluding hydrogens is 190 g/mol. The summed E-state index contributed by atoms with van der Waals surface area (Å²) in [6.07, 6.45) is 0. The predicted octanol–water partition coefficient (Wildman–Crippen LogP) is 2.00. The fourth-order valence-electron chi connectivity index (χ4n) is 1.83. The number of rotatable bonds is 5. The van der Waals surface area contributed by atoms with Crippen molar-refractivity contribution in [2.45, 2.75) is 25.9 Å². The molecule has 1 aromatic carbocycles. The van der Waals surface area contributed by atoms with Crippen LogP contribution >= 0.6 is 0 Å². The van der Waals surface area contributed by atoms with Crippen LogP contribution in [0.3, 0.4) is 0 Å². The summed E-state index contributed by atoms with van der Waals surface area (Å²) in [4.78, 5) is 4.70. The van der Waals surface area contributed by atoms with Crippen LogP contribution in [0.1, 0.15) is 25.0 Å². The van der Waals surface area contributed by atoms with E-state index in [0.29, 0.717) is 13.2 Å². The highest BCUT2D eigenvalue weighted by molar-refractivity contribution is 5.33. The summed E-state index contributed by atoms with van der Waals surface area (Å²) in [6.45, 7) is 5.40. The van der Waals surface area contributed by atoms with Gasteiger partial charge in [0.05, 0.1) is 13.2 Å². The van der Waals surface area contributed by atoms with Gasteiger partial charge in [0.2, 0.25) is 0 Å². The zero-order valence-corrected chi connectivity index (χ0v) is 9.62. The van der Waals surface area contributed by atoms with Crippen molar-refractivity contribution in [3.05, 3.63) is 35.4 Å². The summed E-state index contributed by atoms with van der Waals surface area (Å²) in [7, 11) is 1.71. The molecule has 0 saturated heterocycles. The summed E-state index contributed by atoms with van der Waals surface area (Å²) in [6, 6.07) is 8.13. The van der Waals surface area contributed by atoms with Crippen molar-refractivity contribution in [3.8, 4) is 0 Å². The van der Waals surface area contributed by atoms with Crippen LogP contribution in [-0.2, 0) is 21.6 Å². The molecule has 0 aliphatic heterocycles. The second-order valence-electron chi connectivity index (χ2n) is 4.29. The minimum absolute atomic E-state index is 0.0239. The van der Waals surface area contributed by atoms with E-state index in [0.717, 1.165) is 5.56 Å². The Kier molecular flexibility index (Phi) is 4.27. The zero-order valence-electron chi connectivity index (χ0n) is 9.62. The summed E-state index contributed by atoms with van der Waals surface area (Å²) < 4.78 is 5.22. The first kappa shape index (κ1) is 12.2. The zero-order chi connectivity index (χ0) is 11.3. The van der Waals surface area contributed by atoms with Crippen molar-refractivity contribution in [1.82, 2.24) is 0 Å². The Morgan fingerprint density at radius 2 is 1.93 bits per heavy atom. The fourth-order valence-corrected chi connectivity index (χ4v) is 1.83. The van der Waals surface area contributed by atoms with Crippen molar-refractivity contribution in [2.75, 3.05) is 13.7 Å². The summed E-state index contributed by atoms with van der Waals surface area (Å²) in [5, 5.41) is 0. The molecule has 0 fully saturated rings. The molecule has 0 amide bonds. The largest absolute Gasteiger partial charge is 0.384 e. The van der Waals surface area contributed by atoms with Crippen molar-refractivity contribution < 1.29 is 9.57 Å². The molecule has 1 rings (SSSR count). The number of ether oxygens (including phenoxy) is 1. The number of nitrogens with two attached hydrogens (primary N) is 1. The van der Waals surface area contributed by atoms with Gasteiger partial charge in [-0.25, -0.2) is 5.90 Å². The van der Waals surface area contributed by atoms with Crippen LogP contribution in [0.5, 0.6) is 0 Å². The van der Waals surface area contributed by atoms with E-state index in [1.807, 2.05) is 18.2 Å². The van der Waals surface area contributed by atoms with E-state index in [2.05, 4.69) is 19.9 Å². The van der Waals surface area contributed by atoms with Gasteiger partial charge in [-0.15, -0.1) is 0 Å². The molecule has 0 unspecified atom stereocenters. The summed E-state index contributed by atoms with van der Waals surface area (Å²) in [5.74, 6) is 5.12. The van der Waals surface area contributed by atoms with Crippen LogP contribution in [0.2, 0.25) is 0 Å². The fraction of sp³-hybridized carbons (Fsp3) is 0.500. The molecule has 84 valence electrons. The van der Waals surface area contributed by atoms with Gasteiger partial charge >= 0.3 is 0 Å². The van der Waals surface area contributed by atoms with E-state index >= 15 is 0 Å². The molecule has 0 saturated carbocycles. The molecular formula is C12H19NO2. The molecule has 1 aromatic rings. The minimum Gasteiger partial charge on any atom is -0.384 e. The molecule has 0 bridgehead atoms. The number of hydrogen-bond acceptors (Lipinski definition) is 3. The number of methoxy groups -OCH3 is 1. The van der Waals surface area contributed by atoms with Gasteiger partial charge in [-0.05, 0) is 11.1 Å². The predicted molar refractivity (Wildman–Crippen MR) is 60.3 cm³/mol. The van der Waals surface area contributed by atoms with Gasteiger partial charge in [0.25, 0.3) is 0 Å². The van der Waals surface area contributed by atoms with Crippen molar-refractivity contribution >= 4 is 0 Å². The Balaban J connectivity index is 3.00. The monoisotopic (exact) mass is 209 g/mol. The van der Waals surface area contributed by atoms with E-state index in [9.17, 15) is 0 Å². The Morgan fingerprint density at radius 1 is 1.27 bits per heavy atom. The molecule has 3 heteroatoms. The van der Waals surface area contributed by atoms with E-state index in [4.69, 9.17) is 15.5 Å². The van der Waals surface area contributed by atoms with Gasteiger partial charge in [0.1, 0.15) is 0 Å². The van der Waals surface area contributed by atoms with Gasteiger partial charge in [0.15, 0.2) is 0 Å². The molecule has 0 radical (unpaired) electrons. The topological polar surface area (TPSA) is 44.5 Å².